The molecule has 1 heterocycles. The van der Waals surface area contributed by atoms with E-state index in [1.54, 1.807) is 24.3 Å². The van der Waals surface area contributed by atoms with E-state index in [1.807, 2.05) is 0 Å². The van der Waals surface area contributed by atoms with Gasteiger partial charge in [-0.2, -0.15) is 5.10 Å². The van der Waals surface area contributed by atoms with E-state index in [-0.39, 0.29) is 23.3 Å². The predicted octanol–water partition coefficient (Wildman–Crippen LogP) is 2.04. The van der Waals surface area contributed by atoms with Gasteiger partial charge in [-0.05, 0) is 24.3 Å². The van der Waals surface area contributed by atoms with Crippen molar-refractivity contribution in [2.24, 2.45) is 0 Å². The van der Waals surface area contributed by atoms with Gasteiger partial charge >= 0.3 is 5.97 Å². The van der Waals surface area contributed by atoms with Crippen molar-refractivity contribution in [1.29, 1.82) is 0 Å². The third-order valence-corrected chi connectivity index (χ3v) is 3.92. The second-order valence-corrected chi connectivity index (χ2v) is 5.65. The maximum Gasteiger partial charge on any atom is 0.312 e. The van der Waals surface area contributed by atoms with Crippen LogP contribution in [0.3, 0.4) is 0 Å². The average Bonchev–Trinajstić information content (AvgIpc) is 2.68. The number of carbonyl (C=O) groups is 2. The Bertz CT molecular complexity index is 1080. The lowest BCUT2D eigenvalue weighted by Gasteiger charge is -2.07. The molecule has 1 N–H and O–H groups in total. The minimum Gasteiger partial charge on any atom is -0.494 e. The molecule has 0 radical (unpaired) electrons. The van der Waals surface area contributed by atoms with Gasteiger partial charge in [0.2, 0.25) is 0 Å². The maximum atomic E-state index is 13.7. The SMILES string of the molecule is COc1ccc(C(=O)COC(=O)Cc2n[nH]c(=O)c3ccccc23)cc1F. The van der Waals surface area contributed by atoms with Gasteiger partial charge in [0.05, 0.1) is 24.6 Å². The smallest absolute Gasteiger partial charge is 0.312 e. The molecule has 0 unspecified atom stereocenters. The van der Waals surface area contributed by atoms with E-state index in [1.165, 1.54) is 19.2 Å². The number of nitrogens with zero attached hydrogens (tertiary/aromatic N) is 1. The number of fused-ring (bicyclic) bond motifs is 1. The fourth-order valence-electron chi connectivity index (χ4n) is 2.56. The second kappa shape index (κ2) is 7.77. The number of H-pyrrole nitrogens is 1. The van der Waals surface area contributed by atoms with Gasteiger partial charge < -0.3 is 9.47 Å². The molecule has 0 spiro atoms. The van der Waals surface area contributed by atoms with E-state index in [4.69, 9.17) is 9.47 Å². The van der Waals surface area contributed by atoms with Gasteiger partial charge in [-0.3, -0.25) is 14.4 Å². The molecule has 0 amide bonds. The lowest BCUT2D eigenvalue weighted by atomic mass is 10.1. The minimum absolute atomic E-state index is 0.0135. The molecule has 8 heteroatoms. The monoisotopic (exact) mass is 370 g/mol. The third-order valence-electron chi connectivity index (χ3n) is 3.92. The number of ketones is 1. The zero-order valence-electron chi connectivity index (χ0n) is 14.3. The van der Waals surface area contributed by atoms with Crippen LogP contribution in [0.25, 0.3) is 10.8 Å². The molecule has 2 aromatic carbocycles. The molecule has 0 aliphatic carbocycles. The van der Waals surface area contributed by atoms with Crippen LogP contribution in [0.2, 0.25) is 0 Å². The molecule has 0 fully saturated rings. The summed E-state index contributed by atoms with van der Waals surface area (Å²) in [5.41, 5.74) is 0.0336. The first kappa shape index (κ1) is 18.2. The molecule has 0 aliphatic rings. The Hall–Kier alpha value is -3.55. The highest BCUT2D eigenvalue weighted by molar-refractivity contribution is 5.98. The van der Waals surface area contributed by atoms with E-state index in [0.29, 0.717) is 16.5 Å². The Morgan fingerprint density at radius 2 is 1.89 bits per heavy atom. The first-order chi connectivity index (χ1) is 13.0. The van der Waals surface area contributed by atoms with Crippen LogP contribution < -0.4 is 10.3 Å². The molecule has 0 atom stereocenters. The number of hydrogen-bond donors (Lipinski definition) is 1. The van der Waals surface area contributed by atoms with Gasteiger partial charge in [-0.25, -0.2) is 9.49 Å². The van der Waals surface area contributed by atoms with Gasteiger partial charge in [-0.1, -0.05) is 18.2 Å². The van der Waals surface area contributed by atoms with Crippen LogP contribution in [0.15, 0.2) is 47.3 Å². The van der Waals surface area contributed by atoms with Crippen molar-refractivity contribution in [3.63, 3.8) is 0 Å². The molecule has 1 aromatic heterocycles. The summed E-state index contributed by atoms with van der Waals surface area (Å²) in [7, 11) is 1.32. The van der Waals surface area contributed by atoms with Crippen molar-refractivity contribution in [2.75, 3.05) is 13.7 Å². The molecule has 7 nitrogen and oxygen atoms in total. The molecule has 3 rings (SSSR count). The van der Waals surface area contributed by atoms with E-state index in [9.17, 15) is 18.8 Å². The summed E-state index contributed by atoms with van der Waals surface area (Å²) in [4.78, 5) is 35.8. The number of aromatic amines is 1. The quantitative estimate of drug-likeness (QED) is 0.527. The van der Waals surface area contributed by atoms with Crippen LogP contribution >= 0.6 is 0 Å². The van der Waals surface area contributed by atoms with Crippen LogP contribution in [-0.2, 0) is 16.0 Å². The number of aromatic nitrogens is 2. The standard InChI is InChI=1S/C19H15FN2O5/c1-26-17-7-6-11(8-14(17)20)16(23)10-27-18(24)9-15-12-4-2-3-5-13(12)19(25)22-21-15/h2-8H,9-10H2,1H3,(H,22,25). The molecule has 0 saturated carbocycles. The number of hydrogen-bond acceptors (Lipinski definition) is 6. The van der Waals surface area contributed by atoms with Crippen molar-refractivity contribution >= 4 is 22.5 Å². The zero-order chi connectivity index (χ0) is 19.4. The van der Waals surface area contributed by atoms with E-state index >= 15 is 0 Å². The molecule has 3 aromatic rings. The molecular formula is C19H15FN2O5. The summed E-state index contributed by atoms with van der Waals surface area (Å²) < 4.78 is 23.4. The number of rotatable bonds is 6. The highest BCUT2D eigenvalue weighted by atomic mass is 19.1. The van der Waals surface area contributed by atoms with Crippen molar-refractivity contribution < 1.29 is 23.5 Å². The first-order valence-corrected chi connectivity index (χ1v) is 7.98. The van der Waals surface area contributed by atoms with Crippen LogP contribution in [0.5, 0.6) is 5.75 Å². The summed E-state index contributed by atoms with van der Waals surface area (Å²) in [6.45, 7) is -0.536. The number of halogens is 1. The van der Waals surface area contributed by atoms with E-state index in [2.05, 4.69) is 10.2 Å². The normalized spacial score (nSPS) is 10.6. The topological polar surface area (TPSA) is 98.3 Å². The van der Waals surface area contributed by atoms with Crippen LogP contribution in [-0.4, -0.2) is 35.7 Å². The Morgan fingerprint density at radius 1 is 1.15 bits per heavy atom. The van der Waals surface area contributed by atoms with Gasteiger partial charge in [0.15, 0.2) is 24.0 Å². The van der Waals surface area contributed by atoms with Crippen LogP contribution in [0.4, 0.5) is 4.39 Å². The van der Waals surface area contributed by atoms with Crippen molar-refractivity contribution in [3.8, 4) is 5.75 Å². The Labute approximate surface area is 152 Å². The van der Waals surface area contributed by atoms with Gasteiger partial charge in [-0.15, -0.1) is 0 Å². The summed E-state index contributed by atoms with van der Waals surface area (Å²) in [5, 5.41) is 7.13. The van der Waals surface area contributed by atoms with Crippen LogP contribution in [0, 0.1) is 5.82 Å². The fourth-order valence-corrected chi connectivity index (χ4v) is 2.56. The zero-order valence-corrected chi connectivity index (χ0v) is 14.3. The van der Waals surface area contributed by atoms with Crippen molar-refractivity contribution in [1.82, 2.24) is 10.2 Å². The van der Waals surface area contributed by atoms with E-state index in [0.717, 1.165) is 6.07 Å². The Balaban J connectivity index is 1.67. The van der Waals surface area contributed by atoms with Gasteiger partial charge in [0.1, 0.15) is 0 Å². The maximum absolute atomic E-state index is 13.7. The summed E-state index contributed by atoms with van der Waals surface area (Å²) in [6.07, 6.45) is -0.221. The first-order valence-electron chi connectivity index (χ1n) is 7.98. The van der Waals surface area contributed by atoms with E-state index < -0.39 is 24.2 Å². The Kier molecular flexibility index (Phi) is 5.25. The van der Waals surface area contributed by atoms with Crippen LogP contribution in [0.1, 0.15) is 16.1 Å². The molecule has 0 aliphatic heterocycles. The van der Waals surface area contributed by atoms with Crippen molar-refractivity contribution in [2.45, 2.75) is 6.42 Å². The minimum atomic E-state index is -0.693. The average molecular weight is 370 g/mol. The van der Waals surface area contributed by atoms with Gasteiger partial charge in [0.25, 0.3) is 5.56 Å². The van der Waals surface area contributed by atoms with Crippen molar-refractivity contribution in [3.05, 3.63) is 69.9 Å². The number of carbonyl (C=O) groups excluding carboxylic acids is 2. The van der Waals surface area contributed by atoms with Gasteiger partial charge in [0, 0.05) is 10.9 Å². The molecule has 0 saturated heterocycles. The lowest BCUT2D eigenvalue weighted by Crippen LogP contribution is -2.18. The number of esters is 1. The summed E-state index contributed by atoms with van der Waals surface area (Å²) in [6, 6.07) is 10.4. The summed E-state index contributed by atoms with van der Waals surface area (Å²) in [5.74, 6) is -1.91. The largest absolute Gasteiger partial charge is 0.494 e. The number of nitrogens with one attached hydrogen (secondary N) is 1. The molecule has 27 heavy (non-hydrogen) atoms. The number of Topliss-reactive ketones (excluding diaryl/α,β-unsaturated/α-hetero) is 1. The second-order valence-electron chi connectivity index (χ2n) is 5.65. The Morgan fingerprint density at radius 3 is 2.59 bits per heavy atom. The highest BCUT2D eigenvalue weighted by Crippen LogP contribution is 2.18. The third kappa shape index (κ3) is 4.00. The number of ether oxygens (including phenoxy) is 2. The fraction of sp³-hybridized carbons (Fsp3) is 0.158. The number of benzene rings is 2. The number of methoxy groups -OCH3 is 1. The molecular weight excluding hydrogens is 355 g/mol. The molecule has 138 valence electrons. The molecule has 0 bridgehead atoms. The highest BCUT2D eigenvalue weighted by Gasteiger charge is 2.15. The lowest BCUT2D eigenvalue weighted by molar-refractivity contribution is -0.141. The summed E-state index contributed by atoms with van der Waals surface area (Å²) >= 11 is 0. The predicted molar refractivity (Wildman–Crippen MR) is 94.3 cm³/mol.